The van der Waals surface area contributed by atoms with E-state index in [1.54, 1.807) is 4.57 Å². The monoisotopic (exact) mass is 510 g/mol. The Kier molecular flexibility index (Phi) is 5.49. The summed E-state index contributed by atoms with van der Waals surface area (Å²) >= 11 is 1.32. The van der Waals surface area contributed by atoms with Crippen LogP contribution in [-0.4, -0.2) is 30.3 Å². The van der Waals surface area contributed by atoms with Gasteiger partial charge < -0.3 is 15.0 Å². The Morgan fingerprint density at radius 1 is 1.05 bits per heavy atom. The van der Waals surface area contributed by atoms with Crippen LogP contribution < -0.4 is 29.8 Å². The van der Waals surface area contributed by atoms with Crippen LogP contribution in [0.15, 0.2) is 88.6 Å². The van der Waals surface area contributed by atoms with Crippen molar-refractivity contribution in [3.63, 3.8) is 0 Å². The van der Waals surface area contributed by atoms with Gasteiger partial charge in [0.05, 0.1) is 10.6 Å². The van der Waals surface area contributed by atoms with Crippen LogP contribution >= 0.6 is 11.3 Å². The maximum Gasteiger partial charge on any atom is 0.270 e. The van der Waals surface area contributed by atoms with E-state index < -0.39 is 17.7 Å². The summed E-state index contributed by atoms with van der Waals surface area (Å²) in [5.74, 6) is -0.351. The molecule has 1 amide bonds. The molecule has 2 aliphatic heterocycles. The number of nitrogens with zero attached hydrogens (tertiary/aromatic N) is 3. The molecule has 1 N–H and O–H groups in total. The minimum Gasteiger partial charge on any atom is -0.465 e. The fraction of sp³-hybridized carbons (Fsp3) is 0.207. The van der Waals surface area contributed by atoms with Gasteiger partial charge >= 0.3 is 0 Å². The predicted molar refractivity (Wildman–Crippen MR) is 146 cm³/mol. The minimum absolute atomic E-state index is 0.165. The molecule has 3 heterocycles. The van der Waals surface area contributed by atoms with E-state index in [0.29, 0.717) is 20.8 Å². The Morgan fingerprint density at radius 3 is 2.49 bits per heavy atom. The quantitative estimate of drug-likeness (QED) is 0.457. The van der Waals surface area contributed by atoms with E-state index in [1.165, 1.54) is 11.3 Å². The molecular weight excluding hydrogens is 484 g/mol. The Bertz CT molecular complexity index is 1670. The zero-order chi connectivity index (χ0) is 25.7. The number of nitrogens with one attached hydrogen (secondary N) is 1. The summed E-state index contributed by atoms with van der Waals surface area (Å²) in [4.78, 5) is 35.0. The summed E-state index contributed by atoms with van der Waals surface area (Å²) in [6, 6.07) is 24.3. The van der Waals surface area contributed by atoms with Crippen LogP contribution in [0.4, 0.5) is 11.4 Å². The number of carbonyl (C=O) groups excluding carboxylic acids is 1. The second kappa shape index (κ2) is 8.74. The number of ether oxygens (including phenoxy) is 1. The van der Waals surface area contributed by atoms with Gasteiger partial charge in [0.2, 0.25) is 11.6 Å². The van der Waals surface area contributed by atoms with Crippen molar-refractivity contribution in [2.24, 2.45) is 10.9 Å². The number of anilines is 2. The first-order chi connectivity index (χ1) is 17.8. The largest absolute Gasteiger partial charge is 0.465 e. The average Bonchev–Trinajstić information content (AvgIpc) is 3.17. The van der Waals surface area contributed by atoms with Gasteiger partial charge in [-0.25, -0.2) is 4.99 Å². The molecule has 6 rings (SSSR count). The molecule has 2 aliphatic rings. The van der Waals surface area contributed by atoms with Gasteiger partial charge in [-0.1, -0.05) is 59.9 Å². The summed E-state index contributed by atoms with van der Waals surface area (Å²) < 4.78 is 8.60. The number of aromatic nitrogens is 1. The molecule has 37 heavy (non-hydrogen) atoms. The molecule has 0 aliphatic carbocycles. The molecule has 186 valence electrons. The number of rotatable bonds is 4. The zero-order valence-corrected chi connectivity index (χ0v) is 21.5. The molecule has 0 saturated carbocycles. The van der Waals surface area contributed by atoms with Crippen LogP contribution in [0.3, 0.4) is 0 Å². The van der Waals surface area contributed by atoms with E-state index >= 15 is 0 Å². The third-order valence-corrected chi connectivity index (χ3v) is 7.89. The van der Waals surface area contributed by atoms with Gasteiger partial charge in [0.15, 0.2) is 4.80 Å². The fourth-order valence-electron chi connectivity index (χ4n) is 5.10. The van der Waals surface area contributed by atoms with Crippen molar-refractivity contribution in [2.45, 2.75) is 18.7 Å². The molecule has 0 radical (unpaired) electrons. The number of amides is 1. The highest BCUT2D eigenvalue weighted by Gasteiger charge is 2.55. The van der Waals surface area contributed by atoms with Crippen LogP contribution in [0.1, 0.15) is 24.1 Å². The van der Waals surface area contributed by atoms with Gasteiger partial charge in [0, 0.05) is 31.0 Å². The van der Waals surface area contributed by atoms with Crippen LogP contribution in [0.5, 0.6) is 5.75 Å². The van der Waals surface area contributed by atoms with Gasteiger partial charge in [0.25, 0.3) is 5.56 Å². The number of hydrogen-bond acceptors (Lipinski definition) is 6. The lowest BCUT2D eigenvalue weighted by Crippen LogP contribution is -2.59. The summed E-state index contributed by atoms with van der Waals surface area (Å²) in [7, 11) is 3.98. The molecule has 7 nitrogen and oxygen atoms in total. The smallest absolute Gasteiger partial charge is 0.270 e. The number of thiazole rings is 1. The first kappa shape index (κ1) is 23.2. The summed E-state index contributed by atoms with van der Waals surface area (Å²) in [5.41, 5.74) is 2.15. The van der Waals surface area contributed by atoms with E-state index in [9.17, 15) is 9.59 Å². The second-order valence-electron chi connectivity index (χ2n) is 9.64. The van der Waals surface area contributed by atoms with Crippen LogP contribution in [0.25, 0.3) is 6.08 Å². The average molecular weight is 511 g/mol. The highest BCUT2D eigenvalue weighted by molar-refractivity contribution is 7.07. The second-order valence-corrected chi connectivity index (χ2v) is 10.6. The fourth-order valence-corrected chi connectivity index (χ4v) is 6.20. The van der Waals surface area contributed by atoms with Gasteiger partial charge in [0.1, 0.15) is 11.7 Å². The third kappa shape index (κ3) is 3.94. The Labute approximate surface area is 218 Å². The highest BCUT2D eigenvalue weighted by atomic mass is 32.1. The van der Waals surface area contributed by atoms with Gasteiger partial charge in [-0.15, -0.1) is 0 Å². The summed E-state index contributed by atoms with van der Waals surface area (Å²) in [5, 5.41) is 3.00. The lowest BCUT2D eigenvalue weighted by atomic mass is 9.80. The Morgan fingerprint density at radius 2 is 1.76 bits per heavy atom. The third-order valence-electron chi connectivity index (χ3n) is 6.91. The minimum atomic E-state index is -1.17. The Hall–Kier alpha value is -4.17. The first-order valence-corrected chi connectivity index (χ1v) is 12.9. The molecule has 3 atom stereocenters. The van der Waals surface area contributed by atoms with E-state index in [1.807, 2.05) is 111 Å². The highest BCUT2D eigenvalue weighted by Crippen LogP contribution is 2.47. The van der Waals surface area contributed by atoms with E-state index in [4.69, 9.17) is 9.73 Å². The van der Waals surface area contributed by atoms with Crippen LogP contribution in [0.2, 0.25) is 0 Å². The zero-order valence-electron chi connectivity index (χ0n) is 20.7. The number of fused-ring (bicyclic) bond motifs is 6. The first-order valence-electron chi connectivity index (χ1n) is 12.1. The SMILES string of the molecule is CN(C)c1ccc(/C=c2\sc3n(c2=O)[C@@H]2c4ccccc4O[C@@](C)(N=3)[C@H]2C(=O)Nc2ccccc2)cc1. The van der Waals surface area contributed by atoms with Crippen molar-refractivity contribution >= 4 is 34.7 Å². The molecule has 8 heteroatoms. The molecule has 3 aromatic carbocycles. The lowest BCUT2D eigenvalue weighted by molar-refractivity contribution is -0.131. The maximum atomic E-state index is 13.8. The topological polar surface area (TPSA) is 75.9 Å². The van der Waals surface area contributed by atoms with E-state index in [0.717, 1.165) is 16.8 Å². The van der Waals surface area contributed by atoms with Crippen molar-refractivity contribution in [1.29, 1.82) is 0 Å². The summed E-state index contributed by atoms with van der Waals surface area (Å²) in [6.45, 7) is 1.82. The maximum absolute atomic E-state index is 13.8. The standard InChI is InChI=1S/C29H26N4O3S/c1-29-24(26(34)30-19-9-5-4-6-10-19)25(21-11-7-8-12-22(21)36-29)33-27(35)23(37-28(33)31-29)17-18-13-15-20(16-14-18)32(2)3/h4-17,24-25H,1-3H3,(H,30,34)/b23-17-/t24-,25-,29-/m1/s1. The number of carbonyl (C=O) groups is 1. The van der Waals surface area contributed by atoms with Gasteiger partial charge in [-0.05, 0) is 48.9 Å². The molecule has 0 unspecified atom stereocenters. The van der Waals surface area contributed by atoms with Gasteiger partial charge in [-0.3, -0.25) is 14.2 Å². The number of benzene rings is 3. The van der Waals surface area contributed by atoms with Crippen LogP contribution in [-0.2, 0) is 4.79 Å². The van der Waals surface area contributed by atoms with E-state index in [-0.39, 0.29) is 11.5 Å². The molecular formula is C29H26N4O3S. The molecule has 0 saturated heterocycles. The van der Waals surface area contributed by atoms with Crippen molar-refractivity contribution in [1.82, 2.24) is 4.57 Å². The molecule has 0 fully saturated rings. The normalized spacial score (nSPS) is 21.8. The molecule has 4 aromatic rings. The number of hydrogen-bond donors (Lipinski definition) is 1. The van der Waals surface area contributed by atoms with Crippen molar-refractivity contribution in [3.05, 3.63) is 110 Å². The summed E-state index contributed by atoms with van der Waals surface area (Å²) in [6.07, 6.45) is 1.88. The Balaban J connectivity index is 1.50. The molecule has 1 aromatic heterocycles. The predicted octanol–water partition coefficient (Wildman–Crippen LogP) is 3.39. The van der Waals surface area contributed by atoms with Gasteiger partial charge in [-0.2, -0.15) is 0 Å². The molecule has 0 spiro atoms. The van der Waals surface area contributed by atoms with Crippen molar-refractivity contribution < 1.29 is 9.53 Å². The van der Waals surface area contributed by atoms with Crippen molar-refractivity contribution in [3.8, 4) is 5.75 Å². The lowest BCUT2D eigenvalue weighted by Gasteiger charge is -2.45. The van der Waals surface area contributed by atoms with E-state index in [2.05, 4.69) is 5.32 Å². The van der Waals surface area contributed by atoms with Crippen LogP contribution in [0, 0.1) is 5.92 Å². The molecule has 2 bridgehead atoms. The number of para-hydroxylation sites is 2. The van der Waals surface area contributed by atoms with Crippen molar-refractivity contribution in [2.75, 3.05) is 24.3 Å².